The molecule has 0 spiro atoms. The summed E-state index contributed by atoms with van der Waals surface area (Å²) < 4.78 is 11.5. The Kier molecular flexibility index (Phi) is 3.49. The molecule has 1 aromatic carbocycles. The van der Waals surface area contributed by atoms with Crippen LogP contribution in [0.1, 0.15) is 23.6 Å². The maximum atomic E-state index is 12.3. The second kappa shape index (κ2) is 5.67. The molecule has 122 valence electrons. The summed E-state index contributed by atoms with van der Waals surface area (Å²) in [7, 11) is 0. The van der Waals surface area contributed by atoms with E-state index in [0.29, 0.717) is 25.3 Å². The van der Waals surface area contributed by atoms with Gasteiger partial charge in [-0.15, -0.1) is 0 Å². The van der Waals surface area contributed by atoms with Crippen LogP contribution in [0.25, 0.3) is 11.0 Å². The first-order valence-corrected chi connectivity index (χ1v) is 8.06. The van der Waals surface area contributed by atoms with Crippen LogP contribution in [0, 0.1) is 6.92 Å². The fraction of sp³-hybridized carbons (Fsp3) is 0.263. The van der Waals surface area contributed by atoms with E-state index in [4.69, 9.17) is 9.15 Å². The Bertz CT molecular complexity index is 964. The van der Waals surface area contributed by atoms with Crippen LogP contribution >= 0.6 is 0 Å². The number of aromatic nitrogens is 1. The summed E-state index contributed by atoms with van der Waals surface area (Å²) in [6.45, 7) is 4.96. The molecule has 0 N–H and O–H groups in total. The number of aryl methyl sites for hydroxylation is 1. The largest absolute Gasteiger partial charge is 0.473 e. The molecule has 0 aliphatic carbocycles. The molecule has 0 atom stereocenters. The lowest BCUT2D eigenvalue weighted by Gasteiger charge is -2.30. The van der Waals surface area contributed by atoms with Gasteiger partial charge in [0, 0.05) is 17.1 Å². The van der Waals surface area contributed by atoms with Gasteiger partial charge < -0.3 is 14.1 Å². The Morgan fingerprint density at radius 3 is 2.88 bits per heavy atom. The van der Waals surface area contributed by atoms with Crippen LogP contribution in [0.3, 0.4) is 0 Å². The van der Waals surface area contributed by atoms with Gasteiger partial charge in [0.2, 0.25) is 0 Å². The Hall–Kier alpha value is -2.82. The minimum Gasteiger partial charge on any atom is -0.473 e. The first-order chi connectivity index (χ1) is 11.7. The number of pyridine rings is 1. The maximum absolute atomic E-state index is 12.3. The zero-order valence-electron chi connectivity index (χ0n) is 13.7. The van der Waals surface area contributed by atoms with Crippen molar-refractivity contribution in [1.82, 2.24) is 4.98 Å². The average molecular weight is 322 g/mol. The highest BCUT2D eigenvalue weighted by atomic mass is 16.5. The third-order valence-electron chi connectivity index (χ3n) is 4.57. The predicted octanol–water partition coefficient (Wildman–Crippen LogP) is 3.42. The summed E-state index contributed by atoms with van der Waals surface area (Å²) in [4.78, 5) is 18.7. The van der Waals surface area contributed by atoms with Crippen molar-refractivity contribution in [2.45, 2.75) is 26.8 Å². The molecular formula is C19H18N2O3. The van der Waals surface area contributed by atoms with Gasteiger partial charge >= 0.3 is 5.63 Å². The minimum atomic E-state index is -0.258. The van der Waals surface area contributed by atoms with Crippen molar-refractivity contribution >= 4 is 16.8 Å². The molecule has 1 aliphatic heterocycles. The molecule has 5 heteroatoms. The van der Waals surface area contributed by atoms with Crippen LogP contribution in [0.2, 0.25) is 0 Å². The van der Waals surface area contributed by atoms with Crippen molar-refractivity contribution in [3.05, 3.63) is 63.6 Å². The molecule has 0 saturated carbocycles. The molecular weight excluding hydrogens is 304 g/mol. The molecule has 2 aromatic heterocycles. The Morgan fingerprint density at radius 2 is 2.12 bits per heavy atom. The van der Waals surface area contributed by atoms with Crippen molar-refractivity contribution in [1.29, 1.82) is 0 Å². The normalized spacial score (nSPS) is 13.7. The molecule has 0 radical (unpaired) electrons. The Balaban J connectivity index is 1.87. The van der Waals surface area contributed by atoms with Gasteiger partial charge in [-0.05, 0) is 43.2 Å². The smallest absolute Gasteiger partial charge is 0.339 e. The fourth-order valence-corrected chi connectivity index (χ4v) is 3.26. The molecule has 0 amide bonds. The second-order valence-electron chi connectivity index (χ2n) is 5.92. The quantitative estimate of drug-likeness (QED) is 0.677. The highest BCUT2D eigenvalue weighted by Crippen LogP contribution is 2.34. The van der Waals surface area contributed by atoms with E-state index in [9.17, 15) is 4.79 Å². The van der Waals surface area contributed by atoms with E-state index in [1.807, 2.05) is 49.1 Å². The molecule has 0 saturated heterocycles. The van der Waals surface area contributed by atoms with Gasteiger partial charge in [0.05, 0.1) is 12.1 Å². The molecule has 0 bridgehead atoms. The number of ether oxygens (including phenoxy) is 1. The Labute approximate surface area is 139 Å². The Morgan fingerprint density at radius 1 is 1.25 bits per heavy atom. The standard InChI is InChI=1S/C19H18N2O3/c1-3-13-12(2)14-7-8-16-15(18(14)24-19(13)22)10-21(11-23-16)17-6-4-5-9-20-17/h4-9H,3,10-11H2,1-2H3. The minimum absolute atomic E-state index is 0.258. The van der Waals surface area contributed by atoms with E-state index in [1.165, 1.54) is 0 Å². The van der Waals surface area contributed by atoms with Gasteiger partial charge in [-0.25, -0.2) is 9.78 Å². The lowest BCUT2D eigenvalue weighted by Crippen LogP contribution is -2.32. The summed E-state index contributed by atoms with van der Waals surface area (Å²) in [5.74, 6) is 1.60. The number of anilines is 1. The van der Waals surface area contributed by atoms with E-state index in [0.717, 1.165) is 33.6 Å². The molecule has 24 heavy (non-hydrogen) atoms. The molecule has 4 rings (SSSR count). The van der Waals surface area contributed by atoms with E-state index in [1.54, 1.807) is 6.20 Å². The molecule has 0 unspecified atom stereocenters. The van der Waals surface area contributed by atoms with Crippen molar-refractivity contribution < 1.29 is 9.15 Å². The van der Waals surface area contributed by atoms with Crippen LogP contribution in [-0.2, 0) is 13.0 Å². The van der Waals surface area contributed by atoms with Crippen molar-refractivity contribution in [2.75, 3.05) is 11.6 Å². The average Bonchev–Trinajstić information content (AvgIpc) is 2.62. The summed E-state index contributed by atoms with van der Waals surface area (Å²) in [6, 6.07) is 9.70. The number of fused-ring (bicyclic) bond motifs is 3. The summed E-state index contributed by atoms with van der Waals surface area (Å²) in [5, 5.41) is 0.969. The van der Waals surface area contributed by atoms with E-state index >= 15 is 0 Å². The molecule has 3 heterocycles. The van der Waals surface area contributed by atoms with E-state index < -0.39 is 0 Å². The summed E-state index contributed by atoms with van der Waals surface area (Å²) >= 11 is 0. The zero-order valence-corrected chi connectivity index (χ0v) is 13.7. The van der Waals surface area contributed by atoms with Crippen LogP contribution in [-0.4, -0.2) is 11.7 Å². The number of nitrogens with zero attached hydrogens (tertiary/aromatic N) is 2. The van der Waals surface area contributed by atoms with Crippen molar-refractivity contribution in [2.24, 2.45) is 0 Å². The summed E-state index contributed by atoms with van der Waals surface area (Å²) in [6.07, 6.45) is 2.42. The topological polar surface area (TPSA) is 55.6 Å². The van der Waals surface area contributed by atoms with Crippen LogP contribution in [0.15, 0.2) is 45.7 Å². The van der Waals surface area contributed by atoms with Gasteiger partial charge in [-0.3, -0.25) is 0 Å². The molecule has 0 fully saturated rings. The summed E-state index contributed by atoms with van der Waals surface area (Å²) in [5.41, 5.74) is 2.98. The van der Waals surface area contributed by atoms with E-state index in [2.05, 4.69) is 4.98 Å². The van der Waals surface area contributed by atoms with Gasteiger partial charge in [0.1, 0.15) is 17.2 Å². The zero-order chi connectivity index (χ0) is 16.7. The molecule has 3 aromatic rings. The van der Waals surface area contributed by atoms with Crippen molar-refractivity contribution in [3.8, 4) is 5.75 Å². The second-order valence-corrected chi connectivity index (χ2v) is 5.92. The van der Waals surface area contributed by atoms with Crippen LogP contribution < -0.4 is 15.3 Å². The number of benzene rings is 1. The lowest BCUT2D eigenvalue weighted by molar-refractivity contribution is 0.288. The predicted molar refractivity (Wildman–Crippen MR) is 92.5 cm³/mol. The third-order valence-corrected chi connectivity index (χ3v) is 4.57. The van der Waals surface area contributed by atoms with Crippen LogP contribution in [0.5, 0.6) is 5.75 Å². The highest BCUT2D eigenvalue weighted by molar-refractivity contribution is 5.86. The van der Waals surface area contributed by atoms with Gasteiger partial charge in [-0.1, -0.05) is 13.0 Å². The van der Waals surface area contributed by atoms with Gasteiger partial charge in [-0.2, -0.15) is 0 Å². The van der Waals surface area contributed by atoms with Gasteiger partial charge in [0.15, 0.2) is 6.73 Å². The third kappa shape index (κ3) is 2.24. The number of hydrogen-bond acceptors (Lipinski definition) is 5. The number of rotatable bonds is 2. The SMILES string of the molecule is CCc1c(C)c2ccc3c(c2oc1=O)CN(c1ccccn1)CO3. The molecule has 5 nitrogen and oxygen atoms in total. The highest BCUT2D eigenvalue weighted by Gasteiger charge is 2.23. The van der Waals surface area contributed by atoms with Gasteiger partial charge in [0.25, 0.3) is 0 Å². The maximum Gasteiger partial charge on any atom is 0.339 e. The number of hydrogen-bond donors (Lipinski definition) is 0. The fourth-order valence-electron chi connectivity index (χ4n) is 3.26. The first-order valence-electron chi connectivity index (χ1n) is 8.06. The first kappa shape index (κ1) is 14.8. The monoisotopic (exact) mass is 322 g/mol. The lowest BCUT2D eigenvalue weighted by atomic mass is 10.0. The van der Waals surface area contributed by atoms with E-state index in [-0.39, 0.29) is 5.63 Å². The van der Waals surface area contributed by atoms with Crippen molar-refractivity contribution in [3.63, 3.8) is 0 Å². The van der Waals surface area contributed by atoms with Crippen LogP contribution in [0.4, 0.5) is 5.82 Å². The molecule has 1 aliphatic rings.